The Balaban J connectivity index is 0.793. The zero-order valence-corrected chi connectivity index (χ0v) is 30.7. The van der Waals surface area contributed by atoms with Gasteiger partial charge in [0, 0.05) is 75.2 Å². The number of amides is 1. The van der Waals surface area contributed by atoms with Crippen LogP contribution in [0.3, 0.4) is 0 Å². The van der Waals surface area contributed by atoms with E-state index in [1.54, 1.807) is 4.90 Å². The van der Waals surface area contributed by atoms with Gasteiger partial charge in [0.2, 0.25) is 0 Å². The van der Waals surface area contributed by atoms with E-state index in [1.807, 2.05) is 26.1 Å². The van der Waals surface area contributed by atoms with Crippen LogP contribution in [0.5, 0.6) is 17.4 Å². The van der Waals surface area contributed by atoms with Gasteiger partial charge in [0.25, 0.3) is 11.8 Å². The lowest BCUT2D eigenvalue weighted by Gasteiger charge is -2.58. The standard InChI is InChI=1S/C39H49FN8O5/c1-26-19-50-20-27(2)48(26)37(49)30-15-28(40)5-6-33(30)53-36-35(42-25-43-44-36)47-21-38(22-47)16-29(17-38)52-34-7-10-41-32-8-13-45(18-31(32)34)11-4-12-46-23-39(24-46)9-3-14-51-39/h5-7,10,15,25-27,29H,3-4,8-9,11-14,16-24H2,1-2H3/t26-,27+. The monoisotopic (exact) mass is 728 g/mol. The summed E-state index contributed by atoms with van der Waals surface area (Å²) in [7, 11) is 0. The number of nitrogens with zero attached hydrogens (tertiary/aromatic N) is 8. The van der Waals surface area contributed by atoms with Crippen molar-refractivity contribution in [3.05, 3.63) is 59.4 Å². The number of anilines is 1. The van der Waals surface area contributed by atoms with Crippen molar-refractivity contribution in [2.75, 3.05) is 70.5 Å². The van der Waals surface area contributed by atoms with Crippen molar-refractivity contribution in [3.63, 3.8) is 0 Å². The summed E-state index contributed by atoms with van der Waals surface area (Å²) >= 11 is 0. The first-order valence-electron chi connectivity index (χ1n) is 19.3. The number of pyridine rings is 1. The molecule has 0 radical (unpaired) electrons. The van der Waals surface area contributed by atoms with E-state index in [2.05, 4.69) is 29.9 Å². The van der Waals surface area contributed by atoms with Crippen LogP contribution in [-0.2, 0) is 22.4 Å². The summed E-state index contributed by atoms with van der Waals surface area (Å²) in [6.07, 6.45) is 9.87. The fraction of sp³-hybridized carbons (Fsp3) is 0.615. The van der Waals surface area contributed by atoms with Crippen LogP contribution < -0.4 is 14.4 Å². The highest BCUT2D eigenvalue weighted by Crippen LogP contribution is 2.52. The minimum Gasteiger partial charge on any atom is -0.490 e. The molecule has 6 aliphatic rings. The molecule has 1 amide bonds. The predicted molar refractivity (Wildman–Crippen MR) is 193 cm³/mol. The normalized spacial score (nSPS) is 25.1. The molecule has 2 spiro atoms. The van der Waals surface area contributed by atoms with Gasteiger partial charge >= 0.3 is 0 Å². The second-order valence-corrected chi connectivity index (χ2v) is 16.2. The van der Waals surface area contributed by atoms with Crippen molar-refractivity contribution in [2.45, 2.75) is 82.7 Å². The molecule has 13 nitrogen and oxygen atoms in total. The number of morpholine rings is 1. The van der Waals surface area contributed by atoms with Gasteiger partial charge in [-0.05, 0) is 83.3 Å². The molecule has 2 aromatic heterocycles. The molecule has 1 aliphatic carbocycles. The number of fused-ring (bicyclic) bond motifs is 1. The third kappa shape index (κ3) is 6.83. The van der Waals surface area contributed by atoms with Crippen molar-refractivity contribution >= 4 is 11.7 Å². The molecule has 9 rings (SSSR count). The molecule has 3 aromatic rings. The van der Waals surface area contributed by atoms with Gasteiger partial charge in [-0.2, -0.15) is 0 Å². The van der Waals surface area contributed by atoms with Gasteiger partial charge < -0.3 is 28.7 Å². The number of rotatable bonds is 10. The van der Waals surface area contributed by atoms with E-state index in [1.165, 1.54) is 42.9 Å². The van der Waals surface area contributed by atoms with Gasteiger partial charge in [-0.1, -0.05) is 0 Å². The van der Waals surface area contributed by atoms with Crippen LogP contribution in [0.4, 0.5) is 10.2 Å². The Morgan fingerprint density at radius 3 is 2.62 bits per heavy atom. The minimum atomic E-state index is -0.520. The van der Waals surface area contributed by atoms with Crippen LogP contribution in [0, 0.1) is 11.2 Å². The van der Waals surface area contributed by atoms with Gasteiger partial charge in [-0.3, -0.25) is 19.6 Å². The molecule has 5 aliphatic heterocycles. The van der Waals surface area contributed by atoms with Gasteiger partial charge in [-0.25, -0.2) is 9.37 Å². The topological polar surface area (TPSA) is 119 Å². The minimum absolute atomic E-state index is 0.127. The van der Waals surface area contributed by atoms with Crippen LogP contribution in [-0.4, -0.2) is 130 Å². The number of likely N-dealkylation sites (tertiary alicyclic amines) is 1. The highest BCUT2D eigenvalue weighted by Gasteiger charge is 2.54. The zero-order chi connectivity index (χ0) is 36.2. The van der Waals surface area contributed by atoms with Crippen LogP contribution in [0.1, 0.15) is 67.6 Å². The third-order valence-electron chi connectivity index (χ3n) is 12.1. The molecule has 0 bridgehead atoms. The van der Waals surface area contributed by atoms with Gasteiger partial charge in [0.1, 0.15) is 29.7 Å². The van der Waals surface area contributed by atoms with Crippen LogP contribution in [0.15, 0.2) is 36.8 Å². The number of carbonyl (C=O) groups excluding carboxylic acids is 1. The third-order valence-corrected chi connectivity index (χ3v) is 12.1. The van der Waals surface area contributed by atoms with Crippen molar-refractivity contribution < 1.29 is 28.1 Å². The summed E-state index contributed by atoms with van der Waals surface area (Å²) in [5.74, 6) is 1.08. The number of aromatic nitrogens is 4. The quantitative estimate of drug-likeness (QED) is 0.299. The summed E-state index contributed by atoms with van der Waals surface area (Å²) in [6, 6.07) is 5.68. The fourth-order valence-corrected chi connectivity index (χ4v) is 9.51. The Hall–Kier alpha value is -3.98. The lowest BCUT2D eigenvalue weighted by atomic mass is 9.61. The first-order chi connectivity index (χ1) is 25.8. The summed E-state index contributed by atoms with van der Waals surface area (Å²) in [5, 5.41) is 8.21. The van der Waals surface area contributed by atoms with Crippen molar-refractivity contribution in [2.24, 2.45) is 5.41 Å². The Kier molecular flexibility index (Phi) is 9.20. The Morgan fingerprint density at radius 2 is 1.83 bits per heavy atom. The molecule has 0 N–H and O–H groups in total. The van der Waals surface area contributed by atoms with E-state index in [0.29, 0.717) is 19.0 Å². The number of carbonyl (C=O) groups is 1. The molecule has 14 heteroatoms. The Labute approximate surface area is 309 Å². The summed E-state index contributed by atoms with van der Waals surface area (Å²) < 4.78 is 39.0. The van der Waals surface area contributed by atoms with Crippen LogP contribution in [0.2, 0.25) is 0 Å². The summed E-state index contributed by atoms with van der Waals surface area (Å²) in [5.41, 5.74) is 2.83. The largest absolute Gasteiger partial charge is 0.490 e. The zero-order valence-electron chi connectivity index (χ0n) is 30.7. The number of ether oxygens (including phenoxy) is 4. The molecular formula is C39H49FN8O5. The second-order valence-electron chi connectivity index (χ2n) is 16.2. The second kappa shape index (κ2) is 14.0. The van der Waals surface area contributed by atoms with Crippen molar-refractivity contribution in [1.29, 1.82) is 0 Å². The van der Waals surface area contributed by atoms with Crippen molar-refractivity contribution in [3.8, 4) is 17.4 Å². The van der Waals surface area contributed by atoms with Crippen LogP contribution >= 0.6 is 0 Å². The molecule has 0 unspecified atom stereocenters. The molecule has 1 saturated carbocycles. The molecule has 282 valence electrons. The molecule has 1 aromatic carbocycles. The van der Waals surface area contributed by atoms with Crippen LogP contribution in [0.25, 0.3) is 0 Å². The van der Waals surface area contributed by atoms with E-state index in [4.69, 9.17) is 23.9 Å². The maximum Gasteiger partial charge on any atom is 0.282 e. The van der Waals surface area contributed by atoms with E-state index in [-0.39, 0.29) is 52.3 Å². The van der Waals surface area contributed by atoms with E-state index < -0.39 is 5.82 Å². The molecule has 53 heavy (non-hydrogen) atoms. The average Bonchev–Trinajstić information content (AvgIpc) is 3.60. The Bertz CT molecular complexity index is 1810. The van der Waals surface area contributed by atoms with E-state index >= 15 is 0 Å². The van der Waals surface area contributed by atoms with E-state index in [9.17, 15) is 9.18 Å². The van der Waals surface area contributed by atoms with Gasteiger partial charge in [0.05, 0.1) is 36.5 Å². The first-order valence-corrected chi connectivity index (χ1v) is 19.3. The highest BCUT2D eigenvalue weighted by molar-refractivity contribution is 5.97. The number of benzene rings is 1. The van der Waals surface area contributed by atoms with Crippen molar-refractivity contribution in [1.82, 2.24) is 34.9 Å². The number of hydrogen-bond acceptors (Lipinski definition) is 12. The molecule has 2 atom stereocenters. The molecule has 5 fully saturated rings. The molecular weight excluding hydrogens is 679 g/mol. The fourth-order valence-electron chi connectivity index (χ4n) is 9.51. The molecule has 4 saturated heterocycles. The van der Waals surface area contributed by atoms with E-state index in [0.717, 1.165) is 96.1 Å². The SMILES string of the molecule is C[C@@H]1COC[C@H](C)N1C(=O)c1cc(F)ccc1Oc1nncnc1N1CC2(CC(Oc3ccnc4c3CN(CCCN3CC5(CCCO5)C3)CC4)C2)C1. The Morgan fingerprint density at radius 1 is 1.02 bits per heavy atom. The maximum absolute atomic E-state index is 14.5. The highest BCUT2D eigenvalue weighted by atomic mass is 19.1. The smallest absolute Gasteiger partial charge is 0.282 e. The summed E-state index contributed by atoms with van der Waals surface area (Å²) in [6.45, 7) is 13.5. The molecule has 7 heterocycles. The first kappa shape index (κ1) is 34.8. The van der Waals surface area contributed by atoms with Gasteiger partial charge in [0.15, 0.2) is 5.82 Å². The maximum atomic E-state index is 14.5. The lowest BCUT2D eigenvalue weighted by Crippen LogP contribution is -2.65. The number of halogens is 1. The predicted octanol–water partition coefficient (Wildman–Crippen LogP) is 4.11. The average molecular weight is 729 g/mol. The van der Waals surface area contributed by atoms with Gasteiger partial charge in [-0.15, -0.1) is 10.2 Å². The summed E-state index contributed by atoms with van der Waals surface area (Å²) in [4.78, 5) is 31.9. The number of hydrogen-bond donors (Lipinski definition) is 0. The lowest BCUT2D eigenvalue weighted by molar-refractivity contribution is -0.111.